The maximum absolute atomic E-state index is 5.41. The van der Waals surface area contributed by atoms with Crippen molar-refractivity contribution in [3.05, 3.63) is 0 Å². The molecule has 0 aliphatic carbocycles. The van der Waals surface area contributed by atoms with E-state index in [0.29, 0.717) is 6.73 Å². The van der Waals surface area contributed by atoms with E-state index in [0.717, 1.165) is 0 Å². The molecule has 0 spiro atoms. The molecule has 0 aliphatic rings. The molecule has 0 aromatic rings. The summed E-state index contributed by atoms with van der Waals surface area (Å²) in [5, 5.41) is 0. The quantitative estimate of drug-likeness (QED) is 0.451. The maximum Gasteiger partial charge on any atom is 0.498 e. The molecule has 0 aromatic carbocycles. The first-order valence-electron chi connectivity index (χ1n) is 3.43. The summed E-state index contributed by atoms with van der Waals surface area (Å²) in [4.78, 5) is 1.92. The first kappa shape index (κ1) is 11.1. The minimum Gasteiger partial charge on any atom is -0.377 e. The number of rotatable bonds is 5. The van der Waals surface area contributed by atoms with Crippen LogP contribution in [0.4, 0.5) is 0 Å². The van der Waals surface area contributed by atoms with Crippen LogP contribution in [0.2, 0.25) is 6.55 Å². The van der Waals surface area contributed by atoms with Crippen LogP contribution in [0.3, 0.4) is 0 Å². The standard InChI is InChI=1S/C6H17NO3Si/c1-7(2)6-10-11(5,8-3)9-4/h6H2,1-5H3. The molecule has 0 amide bonds. The van der Waals surface area contributed by atoms with Crippen molar-refractivity contribution in [3.63, 3.8) is 0 Å². The normalized spacial score (nSPS) is 12.5. The van der Waals surface area contributed by atoms with Crippen LogP contribution in [0.15, 0.2) is 0 Å². The third-order valence-electron chi connectivity index (χ3n) is 1.33. The summed E-state index contributed by atoms with van der Waals surface area (Å²) in [6, 6.07) is 0. The average Bonchev–Trinajstić information content (AvgIpc) is 2.00. The molecule has 0 radical (unpaired) electrons. The Kier molecular flexibility index (Phi) is 4.86. The zero-order valence-electron chi connectivity index (χ0n) is 7.88. The van der Waals surface area contributed by atoms with E-state index in [1.807, 2.05) is 25.5 Å². The second-order valence-corrected chi connectivity index (χ2v) is 5.45. The third-order valence-corrected chi connectivity index (χ3v) is 3.46. The highest BCUT2D eigenvalue weighted by Crippen LogP contribution is 2.05. The van der Waals surface area contributed by atoms with Gasteiger partial charge in [-0.1, -0.05) is 0 Å². The smallest absolute Gasteiger partial charge is 0.377 e. The number of nitrogens with zero attached hydrogens (tertiary/aromatic N) is 1. The van der Waals surface area contributed by atoms with Crippen molar-refractivity contribution in [2.24, 2.45) is 0 Å². The van der Waals surface area contributed by atoms with E-state index in [1.54, 1.807) is 14.2 Å². The molecule has 68 valence electrons. The largest absolute Gasteiger partial charge is 0.498 e. The van der Waals surface area contributed by atoms with Crippen LogP contribution >= 0.6 is 0 Å². The summed E-state index contributed by atoms with van der Waals surface area (Å²) in [7, 11) is 4.76. The van der Waals surface area contributed by atoms with Gasteiger partial charge >= 0.3 is 8.80 Å². The summed E-state index contributed by atoms with van der Waals surface area (Å²) in [6.07, 6.45) is 0. The second kappa shape index (κ2) is 4.84. The molecular weight excluding hydrogens is 162 g/mol. The fourth-order valence-corrected chi connectivity index (χ4v) is 1.34. The van der Waals surface area contributed by atoms with Gasteiger partial charge in [-0.2, -0.15) is 0 Å². The Bertz CT molecular complexity index is 106. The second-order valence-electron chi connectivity index (χ2n) is 2.62. The first-order chi connectivity index (χ1) is 5.04. The van der Waals surface area contributed by atoms with E-state index in [4.69, 9.17) is 13.3 Å². The fraction of sp³-hybridized carbons (Fsp3) is 1.00. The van der Waals surface area contributed by atoms with Crippen molar-refractivity contribution in [2.45, 2.75) is 6.55 Å². The van der Waals surface area contributed by atoms with Crippen molar-refractivity contribution in [1.29, 1.82) is 0 Å². The molecule has 0 fully saturated rings. The molecule has 0 aromatic heterocycles. The predicted octanol–water partition coefficient (Wildman–Crippen LogP) is 0.384. The molecule has 0 unspecified atom stereocenters. The van der Waals surface area contributed by atoms with Gasteiger partial charge in [0.25, 0.3) is 0 Å². The van der Waals surface area contributed by atoms with Gasteiger partial charge in [0.1, 0.15) is 0 Å². The van der Waals surface area contributed by atoms with E-state index in [-0.39, 0.29) is 0 Å². The summed E-state index contributed by atoms with van der Waals surface area (Å²) in [6.45, 7) is 2.39. The van der Waals surface area contributed by atoms with Gasteiger partial charge in [-0.05, 0) is 14.1 Å². The Morgan fingerprint density at radius 2 is 1.64 bits per heavy atom. The fourth-order valence-electron chi connectivity index (χ4n) is 0.448. The van der Waals surface area contributed by atoms with Gasteiger partial charge in [0.2, 0.25) is 0 Å². The van der Waals surface area contributed by atoms with Gasteiger partial charge in [-0.15, -0.1) is 0 Å². The summed E-state index contributed by atoms with van der Waals surface area (Å²) in [5.74, 6) is 0. The molecule has 0 bridgehead atoms. The van der Waals surface area contributed by atoms with Crippen molar-refractivity contribution in [1.82, 2.24) is 4.90 Å². The third kappa shape index (κ3) is 4.49. The lowest BCUT2D eigenvalue weighted by Gasteiger charge is -2.23. The molecule has 0 aliphatic heterocycles. The van der Waals surface area contributed by atoms with Gasteiger partial charge in [0.15, 0.2) is 0 Å². The van der Waals surface area contributed by atoms with Crippen LogP contribution < -0.4 is 0 Å². The Labute approximate surface area is 69.4 Å². The Morgan fingerprint density at radius 3 is 1.91 bits per heavy atom. The lowest BCUT2D eigenvalue weighted by Crippen LogP contribution is -2.42. The highest BCUT2D eigenvalue weighted by atomic mass is 28.4. The topological polar surface area (TPSA) is 30.9 Å². The van der Waals surface area contributed by atoms with E-state index >= 15 is 0 Å². The van der Waals surface area contributed by atoms with Crippen LogP contribution in [-0.2, 0) is 13.3 Å². The molecule has 5 heteroatoms. The van der Waals surface area contributed by atoms with Crippen LogP contribution in [-0.4, -0.2) is 48.8 Å². The lowest BCUT2D eigenvalue weighted by atomic mass is 11.0. The number of hydrogen-bond donors (Lipinski definition) is 0. The van der Waals surface area contributed by atoms with Crippen molar-refractivity contribution < 1.29 is 13.3 Å². The van der Waals surface area contributed by atoms with Crippen molar-refractivity contribution in [3.8, 4) is 0 Å². The molecule has 0 heterocycles. The predicted molar refractivity (Wildman–Crippen MR) is 45.3 cm³/mol. The summed E-state index contributed by atoms with van der Waals surface area (Å²) >= 11 is 0. The Hall–Kier alpha value is 0.0569. The maximum atomic E-state index is 5.41. The van der Waals surface area contributed by atoms with E-state index in [2.05, 4.69) is 0 Å². The monoisotopic (exact) mass is 179 g/mol. The minimum atomic E-state index is -2.30. The zero-order valence-corrected chi connectivity index (χ0v) is 8.88. The molecular formula is C6H17NO3Si. The van der Waals surface area contributed by atoms with Gasteiger partial charge in [-0.3, -0.25) is 4.90 Å². The van der Waals surface area contributed by atoms with Gasteiger partial charge in [0.05, 0.1) is 6.73 Å². The highest BCUT2D eigenvalue weighted by Gasteiger charge is 2.31. The Balaban J connectivity index is 3.69. The molecule has 0 saturated heterocycles. The van der Waals surface area contributed by atoms with Crippen molar-refractivity contribution >= 4 is 8.80 Å². The van der Waals surface area contributed by atoms with Gasteiger partial charge in [0, 0.05) is 20.8 Å². The summed E-state index contributed by atoms with van der Waals surface area (Å²) < 4.78 is 15.6. The molecule has 0 rings (SSSR count). The average molecular weight is 179 g/mol. The van der Waals surface area contributed by atoms with E-state index in [1.165, 1.54) is 0 Å². The highest BCUT2D eigenvalue weighted by molar-refractivity contribution is 6.59. The zero-order chi connectivity index (χ0) is 8.91. The van der Waals surface area contributed by atoms with E-state index < -0.39 is 8.80 Å². The van der Waals surface area contributed by atoms with Crippen LogP contribution in [0.25, 0.3) is 0 Å². The molecule has 4 nitrogen and oxygen atoms in total. The van der Waals surface area contributed by atoms with Crippen LogP contribution in [0.5, 0.6) is 0 Å². The van der Waals surface area contributed by atoms with Crippen LogP contribution in [0, 0.1) is 0 Å². The van der Waals surface area contributed by atoms with Gasteiger partial charge in [-0.25, -0.2) is 0 Å². The summed E-state index contributed by atoms with van der Waals surface area (Å²) in [5.41, 5.74) is 0. The number of hydrogen-bond acceptors (Lipinski definition) is 4. The molecule has 0 atom stereocenters. The minimum absolute atomic E-state index is 0.532. The van der Waals surface area contributed by atoms with E-state index in [9.17, 15) is 0 Å². The van der Waals surface area contributed by atoms with Crippen molar-refractivity contribution in [2.75, 3.05) is 35.0 Å². The molecule has 0 N–H and O–H groups in total. The lowest BCUT2D eigenvalue weighted by molar-refractivity contribution is 0.0621. The Morgan fingerprint density at radius 1 is 1.18 bits per heavy atom. The van der Waals surface area contributed by atoms with Crippen LogP contribution in [0.1, 0.15) is 0 Å². The SMILES string of the molecule is CO[Si](C)(OC)OCN(C)C. The first-order valence-corrected chi connectivity index (χ1v) is 5.65. The molecule has 0 saturated carbocycles. The van der Waals surface area contributed by atoms with Gasteiger partial charge < -0.3 is 13.3 Å². The molecule has 11 heavy (non-hydrogen) atoms.